The van der Waals surface area contributed by atoms with Crippen molar-refractivity contribution in [2.24, 2.45) is 5.73 Å². The predicted molar refractivity (Wildman–Crippen MR) is 68.5 cm³/mol. The van der Waals surface area contributed by atoms with Gasteiger partial charge < -0.3 is 15.4 Å². The van der Waals surface area contributed by atoms with Gasteiger partial charge in [0.25, 0.3) is 5.91 Å². The van der Waals surface area contributed by atoms with Crippen molar-refractivity contribution in [2.75, 3.05) is 19.7 Å². The van der Waals surface area contributed by atoms with E-state index in [1.165, 1.54) is 4.90 Å². The molecule has 0 bridgehead atoms. The van der Waals surface area contributed by atoms with Gasteiger partial charge in [-0.3, -0.25) is 9.78 Å². The number of hydrogen-bond acceptors (Lipinski definition) is 4. The minimum atomic E-state index is -4.46. The Morgan fingerprint density at radius 1 is 1.52 bits per heavy atom. The van der Waals surface area contributed by atoms with Crippen LogP contribution in [0, 0.1) is 0 Å². The van der Waals surface area contributed by atoms with Gasteiger partial charge in [-0.05, 0) is 19.1 Å². The van der Waals surface area contributed by atoms with Gasteiger partial charge in [0.1, 0.15) is 5.69 Å². The Labute approximate surface area is 119 Å². The van der Waals surface area contributed by atoms with Gasteiger partial charge in [-0.2, -0.15) is 13.2 Å². The summed E-state index contributed by atoms with van der Waals surface area (Å²) in [6.45, 7) is 2.79. The highest BCUT2D eigenvalue weighted by Crippen LogP contribution is 2.28. The maximum absolute atomic E-state index is 12.4. The van der Waals surface area contributed by atoms with E-state index in [1.807, 2.05) is 0 Å². The molecule has 2 atom stereocenters. The molecule has 0 aromatic carbocycles. The number of rotatable bonds is 2. The molecule has 2 unspecified atom stereocenters. The van der Waals surface area contributed by atoms with Crippen LogP contribution in [0.5, 0.6) is 0 Å². The lowest BCUT2D eigenvalue weighted by Crippen LogP contribution is -2.51. The molecule has 2 N–H and O–H groups in total. The van der Waals surface area contributed by atoms with Crippen molar-refractivity contribution in [3.8, 4) is 0 Å². The topological polar surface area (TPSA) is 68.5 Å². The second kappa shape index (κ2) is 5.98. The maximum atomic E-state index is 12.4. The number of nitrogens with two attached hydrogens (primary N) is 1. The van der Waals surface area contributed by atoms with Crippen LogP contribution in [0.4, 0.5) is 13.2 Å². The lowest BCUT2D eigenvalue weighted by molar-refractivity contribution is -0.137. The molecule has 0 spiro atoms. The monoisotopic (exact) mass is 303 g/mol. The summed E-state index contributed by atoms with van der Waals surface area (Å²) in [5.41, 5.74) is 4.83. The van der Waals surface area contributed by atoms with Crippen molar-refractivity contribution in [3.63, 3.8) is 0 Å². The molecule has 1 aromatic heterocycles. The summed E-state index contributed by atoms with van der Waals surface area (Å²) in [6.07, 6.45) is -4.08. The van der Waals surface area contributed by atoms with Gasteiger partial charge in [0.15, 0.2) is 0 Å². The molecule has 1 saturated heterocycles. The summed E-state index contributed by atoms with van der Waals surface area (Å²) in [5.74, 6) is -0.419. The Hall–Kier alpha value is -1.67. The Balaban J connectivity index is 2.09. The Morgan fingerprint density at radius 2 is 2.24 bits per heavy atom. The van der Waals surface area contributed by atoms with Crippen molar-refractivity contribution < 1.29 is 22.7 Å². The Bertz CT molecular complexity index is 502. The molecule has 1 aliphatic heterocycles. The second-order valence-electron chi connectivity index (χ2n) is 4.95. The smallest absolute Gasteiger partial charge is 0.373 e. The first-order chi connectivity index (χ1) is 9.79. The third-order valence-corrected chi connectivity index (χ3v) is 3.28. The number of ether oxygens (including phenoxy) is 1. The summed E-state index contributed by atoms with van der Waals surface area (Å²) < 4.78 is 42.8. The molecular weight excluding hydrogens is 287 g/mol. The number of pyridine rings is 1. The highest BCUT2D eigenvalue weighted by Gasteiger charge is 2.32. The fraction of sp³-hybridized carbons (Fsp3) is 0.538. The average Bonchev–Trinajstić information content (AvgIpc) is 2.46. The zero-order valence-electron chi connectivity index (χ0n) is 11.4. The van der Waals surface area contributed by atoms with Crippen molar-refractivity contribution >= 4 is 5.91 Å². The van der Waals surface area contributed by atoms with Crippen molar-refractivity contribution in [1.29, 1.82) is 0 Å². The number of hydrogen-bond donors (Lipinski definition) is 1. The molecule has 0 radical (unpaired) electrons. The summed E-state index contributed by atoms with van der Waals surface area (Å²) in [4.78, 5) is 17.3. The van der Waals surface area contributed by atoms with Gasteiger partial charge in [-0.15, -0.1) is 0 Å². The lowest BCUT2D eigenvalue weighted by atomic mass is 10.1. The molecule has 8 heteroatoms. The molecule has 2 rings (SSSR count). The molecule has 5 nitrogen and oxygen atoms in total. The highest BCUT2D eigenvalue weighted by molar-refractivity contribution is 5.92. The van der Waals surface area contributed by atoms with Gasteiger partial charge in [0.2, 0.25) is 0 Å². The largest absolute Gasteiger partial charge is 0.417 e. The van der Waals surface area contributed by atoms with E-state index < -0.39 is 17.6 Å². The second-order valence-corrected chi connectivity index (χ2v) is 4.95. The summed E-state index contributed by atoms with van der Waals surface area (Å²) in [5, 5.41) is 0. The zero-order valence-corrected chi connectivity index (χ0v) is 11.4. The number of halogens is 3. The fourth-order valence-electron chi connectivity index (χ4n) is 2.03. The van der Waals surface area contributed by atoms with E-state index in [4.69, 9.17) is 10.5 Å². The van der Waals surface area contributed by atoms with Crippen molar-refractivity contribution in [1.82, 2.24) is 9.88 Å². The minimum Gasteiger partial charge on any atom is -0.373 e. The SMILES string of the molecule is CC(N)C1CN(C(=O)c2ccc(C(F)(F)F)cn2)CCO1. The van der Waals surface area contributed by atoms with Gasteiger partial charge in [-0.25, -0.2) is 0 Å². The quantitative estimate of drug-likeness (QED) is 0.894. The summed E-state index contributed by atoms with van der Waals surface area (Å²) in [7, 11) is 0. The Kier molecular flexibility index (Phi) is 4.48. The van der Waals surface area contributed by atoms with Crippen LogP contribution in [0.1, 0.15) is 23.0 Å². The molecule has 0 saturated carbocycles. The average molecular weight is 303 g/mol. The van der Waals surface area contributed by atoms with E-state index in [2.05, 4.69) is 4.98 Å². The summed E-state index contributed by atoms with van der Waals surface area (Å²) in [6, 6.07) is 1.70. The predicted octanol–water partition coefficient (Wildman–Crippen LogP) is 1.29. The third kappa shape index (κ3) is 3.70. The van der Waals surface area contributed by atoms with Crippen molar-refractivity contribution in [2.45, 2.75) is 25.2 Å². The summed E-state index contributed by atoms with van der Waals surface area (Å²) >= 11 is 0. The number of alkyl halides is 3. The van der Waals surface area contributed by atoms with Gasteiger partial charge in [0.05, 0.1) is 18.3 Å². The van der Waals surface area contributed by atoms with Crippen LogP contribution >= 0.6 is 0 Å². The molecule has 1 aliphatic rings. The molecular formula is C13H16F3N3O2. The van der Waals surface area contributed by atoms with Gasteiger partial charge >= 0.3 is 6.18 Å². The highest BCUT2D eigenvalue weighted by atomic mass is 19.4. The van der Waals surface area contributed by atoms with E-state index in [9.17, 15) is 18.0 Å². The van der Waals surface area contributed by atoms with Gasteiger partial charge in [-0.1, -0.05) is 0 Å². The number of aromatic nitrogens is 1. The van der Waals surface area contributed by atoms with E-state index in [0.29, 0.717) is 25.9 Å². The number of morpholine rings is 1. The third-order valence-electron chi connectivity index (χ3n) is 3.28. The molecule has 21 heavy (non-hydrogen) atoms. The molecule has 1 aromatic rings. The first-order valence-corrected chi connectivity index (χ1v) is 6.48. The number of amides is 1. The number of carbonyl (C=O) groups excluding carboxylic acids is 1. The number of carbonyl (C=O) groups is 1. The minimum absolute atomic E-state index is 0.0201. The molecule has 2 heterocycles. The van der Waals surface area contributed by atoms with Crippen LogP contribution in [-0.2, 0) is 10.9 Å². The fourth-order valence-corrected chi connectivity index (χ4v) is 2.03. The normalized spacial score (nSPS) is 21.2. The van der Waals surface area contributed by atoms with Crippen LogP contribution < -0.4 is 5.73 Å². The number of nitrogens with zero attached hydrogens (tertiary/aromatic N) is 2. The molecule has 1 amide bonds. The van der Waals surface area contributed by atoms with Crippen LogP contribution in [-0.4, -0.2) is 47.6 Å². The van der Waals surface area contributed by atoms with Crippen LogP contribution in [0.3, 0.4) is 0 Å². The van der Waals surface area contributed by atoms with Crippen LogP contribution in [0.25, 0.3) is 0 Å². The van der Waals surface area contributed by atoms with Gasteiger partial charge in [0, 0.05) is 25.3 Å². The molecule has 116 valence electrons. The van der Waals surface area contributed by atoms with E-state index in [1.54, 1.807) is 6.92 Å². The molecule has 1 fully saturated rings. The van der Waals surface area contributed by atoms with E-state index in [-0.39, 0.29) is 17.8 Å². The van der Waals surface area contributed by atoms with Crippen molar-refractivity contribution in [3.05, 3.63) is 29.6 Å². The zero-order chi connectivity index (χ0) is 15.6. The standard InChI is InChI=1S/C13H16F3N3O2/c1-8(17)11-7-19(4-5-21-11)12(20)10-3-2-9(6-18-10)13(14,15)16/h2-3,6,8,11H,4-5,7,17H2,1H3. The first-order valence-electron chi connectivity index (χ1n) is 6.48. The lowest BCUT2D eigenvalue weighted by Gasteiger charge is -2.34. The Morgan fingerprint density at radius 3 is 2.76 bits per heavy atom. The van der Waals surface area contributed by atoms with E-state index in [0.717, 1.165) is 12.1 Å². The van der Waals surface area contributed by atoms with Crippen LogP contribution in [0.15, 0.2) is 18.3 Å². The maximum Gasteiger partial charge on any atom is 0.417 e. The van der Waals surface area contributed by atoms with Crippen LogP contribution in [0.2, 0.25) is 0 Å². The first kappa shape index (κ1) is 15.7. The molecule has 0 aliphatic carbocycles. The van der Waals surface area contributed by atoms with E-state index >= 15 is 0 Å².